The summed E-state index contributed by atoms with van der Waals surface area (Å²) in [4.78, 5) is 11.7. The van der Waals surface area contributed by atoms with Crippen LogP contribution in [0.4, 0.5) is 10.5 Å². The third kappa shape index (κ3) is 4.41. The maximum absolute atomic E-state index is 11.7. The van der Waals surface area contributed by atoms with E-state index in [1.54, 1.807) is 6.20 Å². The van der Waals surface area contributed by atoms with Crippen LogP contribution in [0.25, 0.3) is 0 Å². The van der Waals surface area contributed by atoms with Crippen molar-refractivity contribution in [1.82, 2.24) is 5.32 Å². The van der Waals surface area contributed by atoms with E-state index in [0.717, 1.165) is 38.2 Å². The van der Waals surface area contributed by atoms with Crippen LogP contribution < -0.4 is 10.6 Å². The zero-order chi connectivity index (χ0) is 13.5. The molecule has 1 aliphatic heterocycles. The molecule has 2 rings (SSSR count). The fraction of sp³-hybridized carbons (Fsp3) is 0.400. The first kappa shape index (κ1) is 13.6. The molecule has 0 spiro atoms. The number of amides is 2. The lowest BCUT2D eigenvalue weighted by atomic mass is 10.1. The Morgan fingerprint density at radius 2 is 1.95 bits per heavy atom. The van der Waals surface area contributed by atoms with Gasteiger partial charge < -0.3 is 15.4 Å². The monoisotopic (exact) mass is 260 g/mol. The van der Waals surface area contributed by atoms with Crippen LogP contribution in [0.5, 0.6) is 0 Å². The number of carbonyl (C=O) groups excluding carboxylic acids is 1. The van der Waals surface area contributed by atoms with Crippen molar-refractivity contribution in [3.05, 3.63) is 41.6 Å². The average molecular weight is 260 g/mol. The lowest BCUT2D eigenvalue weighted by Crippen LogP contribution is -2.25. The Kier molecular flexibility index (Phi) is 4.98. The summed E-state index contributed by atoms with van der Waals surface area (Å²) in [6.07, 6.45) is 4.58. The van der Waals surface area contributed by atoms with Crippen LogP contribution in [0.1, 0.15) is 25.3 Å². The van der Waals surface area contributed by atoms with E-state index in [1.165, 1.54) is 11.1 Å². The Morgan fingerprint density at radius 3 is 2.58 bits per heavy atom. The SMILES string of the molecule is CCc1ccc(NC(=O)NC=C2CCOCC2)cc1. The van der Waals surface area contributed by atoms with Crippen molar-refractivity contribution >= 4 is 11.7 Å². The summed E-state index contributed by atoms with van der Waals surface area (Å²) in [7, 11) is 0. The van der Waals surface area contributed by atoms with Gasteiger partial charge in [-0.15, -0.1) is 0 Å². The standard InChI is InChI=1S/C15H20N2O2/c1-2-12-3-5-14(6-4-12)17-15(18)16-11-13-7-9-19-10-8-13/h3-6,11H,2,7-10H2,1H3,(H2,16,17,18). The maximum atomic E-state index is 11.7. The Hall–Kier alpha value is -1.81. The molecule has 0 aliphatic carbocycles. The van der Waals surface area contributed by atoms with E-state index < -0.39 is 0 Å². The lowest BCUT2D eigenvalue weighted by molar-refractivity contribution is 0.119. The van der Waals surface area contributed by atoms with E-state index in [9.17, 15) is 4.79 Å². The molecule has 0 saturated carbocycles. The van der Waals surface area contributed by atoms with E-state index in [0.29, 0.717) is 0 Å². The van der Waals surface area contributed by atoms with Crippen LogP contribution in [0.2, 0.25) is 0 Å². The number of benzene rings is 1. The van der Waals surface area contributed by atoms with Crippen molar-refractivity contribution in [1.29, 1.82) is 0 Å². The summed E-state index contributed by atoms with van der Waals surface area (Å²) in [6, 6.07) is 7.67. The van der Waals surface area contributed by atoms with Crippen molar-refractivity contribution in [2.75, 3.05) is 18.5 Å². The fourth-order valence-electron chi connectivity index (χ4n) is 1.94. The second kappa shape index (κ2) is 6.95. The number of anilines is 1. The molecule has 1 fully saturated rings. The average Bonchev–Trinajstić information content (AvgIpc) is 2.47. The van der Waals surface area contributed by atoms with E-state index in [4.69, 9.17) is 4.74 Å². The molecule has 1 saturated heterocycles. The van der Waals surface area contributed by atoms with E-state index >= 15 is 0 Å². The summed E-state index contributed by atoms with van der Waals surface area (Å²) in [5.41, 5.74) is 3.29. The molecule has 0 radical (unpaired) electrons. The van der Waals surface area contributed by atoms with Crippen LogP contribution in [-0.2, 0) is 11.2 Å². The van der Waals surface area contributed by atoms with Crippen LogP contribution in [0, 0.1) is 0 Å². The van der Waals surface area contributed by atoms with Gasteiger partial charge in [0.15, 0.2) is 0 Å². The third-order valence-electron chi connectivity index (χ3n) is 3.16. The first-order valence-corrected chi connectivity index (χ1v) is 6.70. The summed E-state index contributed by atoms with van der Waals surface area (Å²) in [5.74, 6) is 0. The van der Waals surface area contributed by atoms with Gasteiger partial charge in [-0.05, 0) is 42.5 Å². The van der Waals surface area contributed by atoms with Gasteiger partial charge in [-0.3, -0.25) is 0 Å². The summed E-state index contributed by atoms with van der Waals surface area (Å²) >= 11 is 0. The Morgan fingerprint density at radius 1 is 1.26 bits per heavy atom. The molecular formula is C15H20N2O2. The number of rotatable bonds is 3. The topological polar surface area (TPSA) is 50.4 Å². The molecule has 1 aromatic carbocycles. The Labute approximate surface area is 113 Å². The fourth-order valence-corrected chi connectivity index (χ4v) is 1.94. The second-order valence-electron chi connectivity index (χ2n) is 4.56. The Bertz CT molecular complexity index is 444. The van der Waals surface area contributed by atoms with Gasteiger partial charge in [-0.25, -0.2) is 4.79 Å². The minimum Gasteiger partial charge on any atom is -0.381 e. The van der Waals surface area contributed by atoms with E-state index in [1.807, 2.05) is 24.3 Å². The largest absolute Gasteiger partial charge is 0.381 e. The molecule has 102 valence electrons. The summed E-state index contributed by atoms with van der Waals surface area (Å²) in [6.45, 7) is 3.59. The smallest absolute Gasteiger partial charge is 0.323 e. The number of urea groups is 1. The number of hydrogen-bond acceptors (Lipinski definition) is 2. The zero-order valence-corrected chi connectivity index (χ0v) is 11.2. The highest BCUT2D eigenvalue weighted by atomic mass is 16.5. The first-order chi connectivity index (χ1) is 9.28. The van der Waals surface area contributed by atoms with Crippen molar-refractivity contribution in [2.45, 2.75) is 26.2 Å². The third-order valence-corrected chi connectivity index (χ3v) is 3.16. The van der Waals surface area contributed by atoms with Crippen molar-refractivity contribution in [2.24, 2.45) is 0 Å². The van der Waals surface area contributed by atoms with Crippen molar-refractivity contribution < 1.29 is 9.53 Å². The molecule has 0 aromatic heterocycles. The molecule has 0 atom stereocenters. The minimum absolute atomic E-state index is 0.205. The molecular weight excluding hydrogens is 240 g/mol. The van der Waals surface area contributed by atoms with Crippen LogP contribution in [0.3, 0.4) is 0 Å². The van der Waals surface area contributed by atoms with Gasteiger partial charge in [0, 0.05) is 11.9 Å². The van der Waals surface area contributed by atoms with Gasteiger partial charge in [0.25, 0.3) is 0 Å². The molecule has 0 bridgehead atoms. The quantitative estimate of drug-likeness (QED) is 0.877. The molecule has 2 amide bonds. The Balaban J connectivity index is 1.82. The van der Waals surface area contributed by atoms with Gasteiger partial charge in [0.1, 0.15) is 0 Å². The summed E-state index contributed by atoms with van der Waals surface area (Å²) in [5, 5.41) is 5.57. The molecule has 4 nitrogen and oxygen atoms in total. The molecule has 4 heteroatoms. The number of ether oxygens (including phenoxy) is 1. The minimum atomic E-state index is -0.205. The van der Waals surface area contributed by atoms with Crippen LogP contribution >= 0.6 is 0 Å². The molecule has 0 unspecified atom stereocenters. The van der Waals surface area contributed by atoms with Crippen molar-refractivity contribution in [3.63, 3.8) is 0 Å². The molecule has 1 aliphatic rings. The number of hydrogen-bond donors (Lipinski definition) is 2. The van der Waals surface area contributed by atoms with E-state index in [-0.39, 0.29) is 6.03 Å². The van der Waals surface area contributed by atoms with E-state index in [2.05, 4.69) is 17.6 Å². The van der Waals surface area contributed by atoms with Gasteiger partial charge >= 0.3 is 6.03 Å². The first-order valence-electron chi connectivity index (χ1n) is 6.70. The van der Waals surface area contributed by atoms with Gasteiger partial charge in [-0.2, -0.15) is 0 Å². The zero-order valence-electron chi connectivity index (χ0n) is 11.2. The van der Waals surface area contributed by atoms with Gasteiger partial charge in [0.05, 0.1) is 13.2 Å². The molecule has 1 heterocycles. The van der Waals surface area contributed by atoms with Crippen LogP contribution in [0.15, 0.2) is 36.0 Å². The predicted molar refractivity (Wildman–Crippen MR) is 76.1 cm³/mol. The number of aryl methyl sites for hydroxylation is 1. The summed E-state index contributed by atoms with van der Waals surface area (Å²) < 4.78 is 5.25. The van der Waals surface area contributed by atoms with Crippen molar-refractivity contribution in [3.8, 4) is 0 Å². The highest BCUT2D eigenvalue weighted by Crippen LogP contribution is 2.12. The number of nitrogens with one attached hydrogen (secondary N) is 2. The van der Waals surface area contributed by atoms with Gasteiger partial charge in [-0.1, -0.05) is 19.1 Å². The lowest BCUT2D eigenvalue weighted by Gasteiger charge is -2.14. The van der Waals surface area contributed by atoms with Gasteiger partial charge in [0.2, 0.25) is 0 Å². The molecule has 2 N–H and O–H groups in total. The molecule has 1 aromatic rings. The normalized spacial score (nSPS) is 14.9. The molecule has 19 heavy (non-hydrogen) atoms. The highest BCUT2D eigenvalue weighted by molar-refractivity contribution is 5.89. The van der Waals surface area contributed by atoms with Crippen LogP contribution in [-0.4, -0.2) is 19.2 Å². The highest BCUT2D eigenvalue weighted by Gasteiger charge is 2.06. The maximum Gasteiger partial charge on any atom is 0.323 e. The second-order valence-corrected chi connectivity index (χ2v) is 4.56. The number of carbonyl (C=O) groups is 1. The predicted octanol–water partition coefficient (Wildman–Crippen LogP) is 3.06.